The minimum Gasteiger partial charge on any atom is -0.495 e. The zero-order chi connectivity index (χ0) is 15.4. The van der Waals surface area contributed by atoms with Crippen molar-refractivity contribution in [1.29, 1.82) is 0 Å². The standard InChI is InChI=1S/C14H19BrF2N2O2.2ClH/c1-20-10-7-9(8-11(21-2)12(10)15)13(14(16)17)19-5-3-18-4-6-19;;/h7-8,13-14,18H,3-6H2,1-2H3;2*1H/t13-;;/m0../s1. The Morgan fingerprint density at radius 2 is 1.57 bits per heavy atom. The second-order valence-corrected chi connectivity index (χ2v) is 5.60. The molecule has 0 radical (unpaired) electrons. The van der Waals surface area contributed by atoms with E-state index in [1.165, 1.54) is 14.2 Å². The van der Waals surface area contributed by atoms with Gasteiger partial charge < -0.3 is 14.8 Å². The van der Waals surface area contributed by atoms with Crippen LogP contribution in [0.5, 0.6) is 11.5 Å². The van der Waals surface area contributed by atoms with E-state index in [1.807, 2.05) is 0 Å². The Kier molecular flexibility index (Phi) is 10.4. The van der Waals surface area contributed by atoms with E-state index in [2.05, 4.69) is 21.2 Å². The first-order chi connectivity index (χ1) is 10.1. The number of rotatable bonds is 5. The van der Waals surface area contributed by atoms with E-state index in [9.17, 15) is 8.78 Å². The van der Waals surface area contributed by atoms with Crippen LogP contribution < -0.4 is 14.8 Å². The van der Waals surface area contributed by atoms with Gasteiger partial charge in [0, 0.05) is 26.2 Å². The zero-order valence-electron chi connectivity index (χ0n) is 12.9. The minimum absolute atomic E-state index is 0. The smallest absolute Gasteiger partial charge is 0.258 e. The number of halogens is 5. The van der Waals surface area contributed by atoms with Crippen LogP contribution in [0.15, 0.2) is 16.6 Å². The molecule has 1 aliphatic rings. The predicted molar refractivity (Wildman–Crippen MR) is 94.9 cm³/mol. The van der Waals surface area contributed by atoms with Crippen molar-refractivity contribution in [2.24, 2.45) is 0 Å². The number of hydrogen-bond acceptors (Lipinski definition) is 4. The van der Waals surface area contributed by atoms with Crippen molar-refractivity contribution in [3.05, 3.63) is 22.2 Å². The minimum atomic E-state index is -2.47. The Morgan fingerprint density at radius 3 is 1.96 bits per heavy atom. The molecule has 9 heteroatoms. The average Bonchev–Trinajstić information content (AvgIpc) is 2.49. The summed E-state index contributed by atoms with van der Waals surface area (Å²) < 4.78 is 38.3. The van der Waals surface area contributed by atoms with Crippen LogP contribution in [0.3, 0.4) is 0 Å². The second kappa shape index (κ2) is 10.5. The number of ether oxygens (including phenoxy) is 2. The fourth-order valence-electron chi connectivity index (χ4n) is 2.54. The van der Waals surface area contributed by atoms with Gasteiger partial charge in [0.2, 0.25) is 0 Å². The van der Waals surface area contributed by atoms with Gasteiger partial charge in [-0.3, -0.25) is 4.90 Å². The summed E-state index contributed by atoms with van der Waals surface area (Å²) >= 11 is 3.36. The SMILES string of the molecule is COc1cc([C@@H](C(F)F)N2CCNCC2)cc(OC)c1Br.Cl.Cl. The quantitative estimate of drug-likeness (QED) is 0.764. The van der Waals surface area contributed by atoms with Gasteiger partial charge >= 0.3 is 0 Å². The third-order valence-corrected chi connectivity index (χ3v) is 4.37. The molecule has 4 nitrogen and oxygen atoms in total. The Morgan fingerprint density at radius 1 is 1.09 bits per heavy atom. The summed E-state index contributed by atoms with van der Waals surface area (Å²) in [6, 6.07) is 2.33. The van der Waals surface area contributed by atoms with Crippen LogP contribution in [-0.4, -0.2) is 51.7 Å². The molecule has 1 aliphatic heterocycles. The van der Waals surface area contributed by atoms with Crippen molar-refractivity contribution in [3.8, 4) is 11.5 Å². The Labute approximate surface area is 155 Å². The van der Waals surface area contributed by atoms with E-state index in [1.54, 1.807) is 17.0 Å². The van der Waals surface area contributed by atoms with Gasteiger partial charge in [-0.15, -0.1) is 24.8 Å². The summed E-state index contributed by atoms with van der Waals surface area (Å²) in [5.41, 5.74) is 0.504. The summed E-state index contributed by atoms with van der Waals surface area (Å²) in [6.45, 7) is 2.62. The molecule has 1 aromatic rings. The van der Waals surface area contributed by atoms with Gasteiger partial charge in [-0.1, -0.05) is 0 Å². The zero-order valence-corrected chi connectivity index (χ0v) is 16.1. The van der Waals surface area contributed by atoms with Crippen LogP contribution in [0.25, 0.3) is 0 Å². The normalized spacial score (nSPS) is 16.3. The maximum absolute atomic E-state index is 13.6. The summed E-state index contributed by atoms with van der Waals surface area (Å²) in [7, 11) is 3.01. The summed E-state index contributed by atoms with van der Waals surface area (Å²) in [4.78, 5) is 1.79. The van der Waals surface area contributed by atoms with Crippen molar-refractivity contribution in [1.82, 2.24) is 10.2 Å². The van der Waals surface area contributed by atoms with E-state index < -0.39 is 12.5 Å². The largest absolute Gasteiger partial charge is 0.495 e. The molecular weight excluding hydrogens is 417 g/mol. The fourth-order valence-corrected chi connectivity index (χ4v) is 3.09. The second-order valence-electron chi connectivity index (χ2n) is 4.80. The lowest BCUT2D eigenvalue weighted by molar-refractivity contribution is 0.0180. The lowest BCUT2D eigenvalue weighted by Gasteiger charge is -2.35. The molecule has 1 heterocycles. The Bertz CT molecular complexity index is 467. The van der Waals surface area contributed by atoms with E-state index >= 15 is 0 Å². The highest BCUT2D eigenvalue weighted by Gasteiger charge is 2.31. The molecule has 0 spiro atoms. The third kappa shape index (κ3) is 5.32. The highest BCUT2D eigenvalue weighted by Crippen LogP contribution is 2.39. The Balaban J connectivity index is 0.00000242. The lowest BCUT2D eigenvalue weighted by atomic mass is 10.0. The van der Waals surface area contributed by atoms with Gasteiger partial charge in [0.05, 0.1) is 20.3 Å². The first kappa shape index (κ1) is 22.7. The third-order valence-electron chi connectivity index (χ3n) is 3.59. The van der Waals surface area contributed by atoms with Crippen molar-refractivity contribution in [2.75, 3.05) is 40.4 Å². The predicted octanol–water partition coefficient (Wildman–Crippen LogP) is 3.52. The highest BCUT2D eigenvalue weighted by molar-refractivity contribution is 9.10. The van der Waals surface area contributed by atoms with Crippen molar-refractivity contribution < 1.29 is 18.3 Å². The van der Waals surface area contributed by atoms with Gasteiger partial charge in [-0.2, -0.15) is 0 Å². The molecule has 1 saturated heterocycles. The van der Waals surface area contributed by atoms with Crippen LogP contribution in [0.4, 0.5) is 8.78 Å². The number of alkyl halides is 2. The van der Waals surface area contributed by atoms with Gasteiger partial charge in [0.15, 0.2) is 0 Å². The van der Waals surface area contributed by atoms with Gasteiger partial charge in [-0.25, -0.2) is 8.78 Å². The molecule has 0 amide bonds. The molecular formula is C14H21BrCl2F2N2O2. The molecule has 0 bridgehead atoms. The monoisotopic (exact) mass is 436 g/mol. The fraction of sp³-hybridized carbons (Fsp3) is 0.571. The van der Waals surface area contributed by atoms with E-state index in [0.717, 1.165) is 0 Å². The Hall–Kier alpha value is -0.340. The van der Waals surface area contributed by atoms with Crippen molar-refractivity contribution in [3.63, 3.8) is 0 Å². The summed E-state index contributed by atoms with van der Waals surface area (Å²) in [6.07, 6.45) is -2.47. The van der Waals surface area contributed by atoms with E-state index in [0.29, 0.717) is 47.7 Å². The first-order valence-corrected chi connectivity index (χ1v) is 7.52. The van der Waals surface area contributed by atoms with Gasteiger partial charge in [-0.05, 0) is 33.6 Å². The molecule has 1 fully saturated rings. The molecule has 0 aromatic heterocycles. The van der Waals surface area contributed by atoms with Gasteiger partial charge in [0.1, 0.15) is 16.0 Å². The summed E-state index contributed by atoms with van der Waals surface area (Å²) in [5.74, 6) is 0.982. The molecule has 134 valence electrons. The maximum Gasteiger partial charge on any atom is 0.258 e. The number of methoxy groups -OCH3 is 2. The van der Waals surface area contributed by atoms with E-state index in [-0.39, 0.29) is 24.8 Å². The first-order valence-electron chi connectivity index (χ1n) is 6.72. The van der Waals surface area contributed by atoms with Crippen LogP contribution >= 0.6 is 40.7 Å². The molecule has 0 aliphatic carbocycles. The number of hydrogen-bond donors (Lipinski definition) is 1. The molecule has 23 heavy (non-hydrogen) atoms. The molecule has 0 saturated carbocycles. The maximum atomic E-state index is 13.6. The van der Waals surface area contributed by atoms with Gasteiger partial charge in [0.25, 0.3) is 6.43 Å². The van der Waals surface area contributed by atoms with Crippen LogP contribution in [0.1, 0.15) is 11.6 Å². The number of piperazine rings is 1. The topological polar surface area (TPSA) is 33.7 Å². The number of benzene rings is 1. The van der Waals surface area contributed by atoms with Crippen LogP contribution in [-0.2, 0) is 0 Å². The highest BCUT2D eigenvalue weighted by atomic mass is 79.9. The van der Waals surface area contributed by atoms with Crippen molar-refractivity contribution >= 4 is 40.7 Å². The van der Waals surface area contributed by atoms with Crippen molar-refractivity contribution in [2.45, 2.75) is 12.5 Å². The number of nitrogens with zero attached hydrogens (tertiary/aromatic N) is 1. The number of nitrogens with one attached hydrogen (secondary N) is 1. The summed E-state index contributed by atoms with van der Waals surface area (Å²) in [5, 5.41) is 3.17. The molecule has 1 aromatic carbocycles. The molecule has 1 N–H and O–H groups in total. The van der Waals surface area contributed by atoms with E-state index in [4.69, 9.17) is 9.47 Å². The van der Waals surface area contributed by atoms with Crippen LogP contribution in [0.2, 0.25) is 0 Å². The lowest BCUT2D eigenvalue weighted by Crippen LogP contribution is -2.46. The molecule has 0 unspecified atom stereocenters. The van der Waals surface area contributed by atoms with Crippen LogP contribution in [0, 0.1) is 0 Å². The molecule has 1 atom stereocenters. The molecule has 2 rings (SSSR count). The average molecular weight is 438 g/mol.